The molecule has 53 heavy (non-hydrogen) atoms. The van der Waals surface area contributed by atoms with Gasteiger partial charge in [0.2, 0.25) is 0 Å². The Balaban J connectivity index is 1.12. The number of nitrogens with zero attached hydrogens (tertiary/aromatic N) is 2. The van der Waals surface area contributed by atoms with Crippen molar-refractivity contribution < 1.29 is 0 Å². The number of hydrogen-bond acceptors (Lipinski definition) is 2. The highest BCUT2D eigenvalue weighted by molar-refractivity contribution is 6.08. The van der Waals surface area contributed by atoms with Crippen molar-refractivity contribution in [3.05, 3.63) is 194 Å². The Hall–Kier alpha value is -6.06. The van der Waals surface area contributed by atoms with E-state index in [2.05, 4.69) is 198 Å². The van der Waals surface area contributed by atoms with Gasteiger partial charge in [-0.3, -0.25) is 0 Å². The van der Waals surface area contributed by atoms with E-state index in [1.165, 1.54) is 63.2 Å². The Morgan fingerprint density at radius 3 is 1.42 bits per heavy atom. The molecule has 0 N–H and O–H groups in total. The molecular formula is C50H43BN2. The zero-order valence-corrected chi connectivity index (χ0v) is 30.1. The molecule has 0 fully saturated rings. The number of fused-ring (bicyclic) bond motifs is 2. The standard InChI is InChI=1S/C50H43BN2/c51-37-14-2-1-5-16-41-31-36-50(48-25-13-12-23-46(41)48)53(43-21-8-4-9-22-43)45-34-29-39(30-35-45)38-27-32-44(33-28-38)52(42-19-6-3-7-20-42)49-26-15-18-40-17-10-11-24-47(40)49/h3-4,6-13,15,17-36H,1-2,5,14,16,37H2. The van der Waals surface area contributed by atoms with E-state index in [0.717, 1.165) is 47.6 Å². The number of unbranched alkanes of at least 4 members (excludes halogenated alkanes) is 3. The molecule has 0 saturated carbocycles. The van der Waals surface area contributed by atoms with E-state index in [0.29, 0.717) is 0 Å². The highest BCUT2D eigenvalue weighted by Crippen LogP contribution is 2.42. The Morgan fingerprint density at radius 1 is 0.340 bits per heavy atom. The van der Waals surface area contributed by atoms with Gasteiger partial charge in [0.05, 0.1) is 19.2 Å². The first kappa shape index (κ1) is 34.1. The lowest BCUT2D eigenvalue weighted by Gasteiger charge is -2.28. The molecule has 0 saturated heterocycles. The van der Waals surface area contributed by atoms with Crippen LogP contribution in [0.3, 0.4) is 0 Å². The molecule has 0 atom stereocenters. The van der Waals surface area contributed by atoms with Crippen LogP contribution in [0.5, 0.6) is 0 Å². The van der Waals surface area contributed by atoms with Crippen molar-refractivity contribution in [2.75, 3.05) is 9.80 Å². The Bertz CT molecular complexity index is 2400. The van der Waals surface area contributed by atoms with E-state index >= 15 is 0 Å². The maximum absolute atomic E-state index is 5.73. The van der Waals surface area contributed by atoms with E-state index in [1.807, 2.05) is 0 Å². The maximum Gasteiger partial charge on any atom is 0.0653 e. The first-order valence-corrected chi connectivity index (χ1v) is 18.9. The summed E-state index contributed by atoms with van der Waals surface area (Å²) in [5, 5.41) is 5.05. The summed E-state index contributed by atoms with van der Waals surface area (Å²) in [5.74, 6) is 0. The first-order valence-electron chi connectivity index (χ1n) is 18.9. The largest absolute Gasteiger partial charge is 0.310 e. The Kier molecular flexibility index (Phi) is 10.3. The van der Waals surface area contributed by atoms with Gasteiger partial charge in [-0.2, -0.15) is 0 Å². The van der Waals surface area contributed by atoms with Gasteiger partial charge in [-0.1, -0.05) is 153 Å². The van der Waals surface area contributed by atoms with Crippen LogP contribution in [0.15, 0.2) is 188 Å². The molecule has 2 nitrogen and oxygen atoms in total. The van der Waals surface area contributed by atoms with Gasteiger partial charge in [-0.15, -0.1) is 0 Å². The molecule has 0 aliphatic rings. The predicted octanol–water partition coefficient (Wildman–Crippen LogP) is 14.3. The summed E-state index contributed by atoms with van der Waals surface area (Å²) in [5.41, 5.74) is 10.6. The van der Waals surface area contributed by atoms with Crippen LogP contribution < -0.4 is 9.80 Å². The molecule has 0 unspecified atom stereocenters. The first-order chi connectivity index (χ1) is 26.3. The fraction of sp³-hybridized carbons (Fsp3) is 0.120. The average Bonchev–Trinajstić information content (AvgIpc) is 3.23. The van der Waals surface area contributed by atoms with Crippen molar-refractivity contribution in [2.45, 2.75) is 38.4 Å². The molecule has 0 aliphatic carbocycles. The van der Waals surface area contributed by atoms with Crippen molar-refractivity contribution in [1.82, 2.24) is 0 Å². The average molecular weight is 683 g/mol. The highest BCUT2D eigenvalue weighted by Gasteiger charge is 2.18. The topological polar surface area (TPSA) is 6.48 Å². The van der Waals surface area contributed by atoms with Gasteiger partial charge in [0.1, 0.15) is 0 Å². The van der Waals surface area contributed by atoms with Crippen molar-refractivity contribution in [2.24, 2.45) is 0 Å². The summed E-state index contributed by atoms with van der Waals surface area (Å²) in [7, 11) is 5.73. The summed E-state index contributed by atoms with van der Waals surface area (Å²) in [6.07, 6.45) is 6.56. The Labute approximate surface area is 315 Å². The lowest BCUT2D eigenvalue weighted by molar-refractivity contribution is 0.668. The predicted molar refractivity (Wildman–Crippen MR) is 229 cm³/mol. The van der Waals surface area contributed by atoms with Gasteiger partial charge in [-0.05, 0) is 101 Å². The molecule has 3 heteroatoms. The number of anilines is 6. The molecule has 0 amide bonds. The van der Waals surface area contributed by atoms with E-state index < -0.39 is 0 Å². The zero-order valence-electron chi connectivity index (χ0n) is 30.1. The second kappa shape index (κ2) is 16.1. The van der Waals surface area contributed by atoms with Crippen molar-refractivity contribution in [3.8, 4) is 11.1 Å². The summed E-state index contributed by atoms with van der Waals surface area (Å²) < 4.78 is 0. The fourth-order valence-corrected chi connectivity index (χ4v) is 7.59. The van der Waals surface area contributed by atoms with E-state index in [1.54, 1.807) is 0 Å². The summed E-state index contributed by atoms with van der Waals surface area (Å²) in [4.78, 5) is 4.74. The number of aryl methyl sites for hydroxylation is 1. The summed E-state index contributed by atoms with van der Waals surface area (Å²) >= 11 is 0. The van der Waals surface area contributed by atoms with Crippen molar-refractivity contribution in [1.29, 1.82) is 0 Å². The molecule has 2 radical (unpaired) electrons. The number of para-hydroxylation sites is 2. The molecule has 0 bridgehead atoms. The SMILES string of the molecule is [B]CCCCCCc1ccc(N(c2ccccc2)c2ccc(-c3ccc(N(c4ccccc4)c4cccc5ccccc45)cc3)cc2)c2ccccc12. The van der Waals surface area contributed by atoms with Crippen LogP contribution in [0.25, 0.3) is 32.7 Å². The van der Waals surface area contributed by atoms with Crippen molar-refractivity contribution >= 4 is 63.5 Å². The lowest BCUT2D eigenvalue weighted by Crippen LogP contribution is -2.11. The summed E-state index contributed by atoms with van der Waals surface area (Å²) in [6.45, 7) is 0. The van der Waals surface area contributed by atoms with Gasteiger partial charge in [0.15, 0.2) is 0 Å². The van der Waals surface area contributed by atoms with Crippen LogP contribution in [-0.2, 0) is 6.42 Å². The number of benzene rings is 8. The maximum atomic E-state index is 5.73. The number of rotatable bonds is 13. The third kappa shape index (κ3) is 7.34. The minimum Gasteiger partial charge on any atom is -0.310 e. The second-order valence-corrected chi connectivity index (χ2v) is 13.7. The zero-order chi connectivity index (χ0) is 35.8. The van der Waals surface area contributed by atoms with Crippen molar-refractivity contribution in [3.63, 3.8) is 0 Å². The molecule has 0 heterocycles. The smallest absolute Gasteiger partial charge is 0.0653 e. The fourth-order valence-electron chi connectivity index (χ4n) is 7.59. The van der Waals surface area contributed by atoms with E-state index in [-0.39, 0.29) is 0 Å². The molecule has 0 spiro atoms. The highest BCUT2D eigenvalue weighted by atomic mass is 15.1. The van der Waals surface area contributed by atoms with Crippen LogP contribution in [0.2, 0.25) is 6.32 Å². The second-order valence-electron chi connectivity index (χ2n) is 13.7. The van der Waals surface area contributed by atoms with Gasteiger partial charge < -0.3 is 9.80 Å². The monoisotopic (exact) mass is 682 g/mol. The Morgan fingerprint density at radius 2 is 0.811 bits per heavy atom. The molecule has 8 aromatic rings. The van der Waals surface area contributed by atoms with Crippen LogP contribution in [0.1, 0.15) is 31.2 Å². The number of hydrogen-bond donors (Lipinski definition) is 0. The quantitative estimate of drug-likeness (QED) is 0.0882. The molecule has 256 valence electrons. The van der Waals surface area contributed by atoms with Gasteiger partial charge in [0, 0.05) is 33.5 Å². The summed E-state index contributed by atoms with van der Waals surface area (Å²) in [6, 6.07) is 67.9. The van der Waals surface area contributed by atoms with E-state index in [9.17, 15) is 0 Å². The van der Waals surface area contributed by atoms with Crippen LogP contribution in [0, 0.1) is 0 Å². The lowest BCUT2D eigenvalue weighted by atomic mass is 9.95. The van der Waals surface area contributed by atoms with Crippen LogP contribution >= 0.6 is 0 Å². The van der Waals surface area contributed by atoms with Gasteiger partial charge in [0.25, 0.3) is 0 Å². The van der Waals surface area contributed by atoms with Gasteiger partial charge >= 0.3 is 0 Å². The van der Waals surface area contributed by atoms with Crippen LogP contribution in [0.4, 0.5) is 34.1 Å². The third-order valence-corrected chi connectivity index (χ3v) is 10.3. The van der Waals surface area contributed by atoms with Gasteiger partial charge in [-0.25, -0.2) is 0 Å². The van der Waals surface area contributed by atoms with Crippen LogP contribution in [-0.4, -0.2) is 7.85 Å². The molecule has 8 rings (SSSR count). The molecular weight excluding hydrogens is 639 g/mol. The van der Waals surface area contributed by atoms with E-state index in [4.69, 9.17) is 7.85 Å². The molecule has 0 aromatic heterocycles. The normalized spacial score (nSPS) is 11.2. The minimum absolute atomic E-state index is 0.778. The molecule has 0 aliphatic heterocycles. The minimum atomic E-state index is 0.778. The molecule has 8 aromatic carbocycles. The third-order valence-electron chi connectivity index (χ3n) is 10.3.